The molecule has 0 saturated heterocycles. The van der Waals surface area contributed by atoms with Crippen molar-refractivity contribution in [3.63, 3.8) is 0 Å². The van der Waals surface area contributed by atoms with E-state index in [1.807, 2.05) is 30.3 Å². The summed E-state index contributed by atoms with van der Waals surface area (Å²) in [5, 5.41) is 1.96. The van der Waals surface area contributed by atoms with Crippen molar-refractivity contribution in [2.45, 2.75) is 5.41 Å². The first-order chi connectivity index (χ1) is 36.7. The van der Waals surface area contributed by atoms with Gasteiger partial charge in [-0.3, -0.25) is 0 Å². The molecule has 4 nitrogen and oxygen atoms in total. The van der Waals surface area contributed by atoms with Crippen molar-refractivity contribution < 1.29 is 4.42 Å². The van der Waals surface area contributed by atoms with Crippen molar-refractivity contribution in [3.8, 4) is 101 Å². The zero-order valence-corrected chi connectivity index (χ0v) is 40.1. The van der Waals surface area contributed by atoms with Gasteiger partial charge in [0.15, 0.2) is 17.5 Å². The maximum Gasteiger partial charge on any atom is 0.164 e. The van der Waals surface area contributed by atoms with Crippen LogP contribution in [0.1, 0.15) is 22.3 Å². The second-order valence-electron chi connectivity index (χ2n) is 19.4. The second kappa shape index (κ2) is 16.7. The van der Waals surface area contributed by atoms with Gasteiger partial charge in [0.05, 0.1) is 5.41 Å². The van der Waals surface area contributed by atoms with Gasteiger partial charge in [-0.05, 0) is 113 Å². The van der Waals surface area contributed by atoms with Crippen LogP contribution in [0.4, 0.5) is 0 Å². The molecule has 1 spiro atoms. The molecule has 15 rings (SSSR count). The van der Waals surface area contributed by atoms with Crippen molar-refractivity contribution in [2.75, 3.05) is 0 Å². The predicted molar refractivity (Wildman–Crippen MR) is 301 cm³/mol. The Balaban J connectivity index is 0.832. The van der Waals surface area contributed by atoms with Crippen LogP contribution in [-0.4, -0.2) is 15.0 Å². The Morgan fingerprint density at radius 1 is 0.243 bits per heavy atom. The molecule has 0 aliphatic heterocycles. The summed E-state index contributed by atoms with van der Waals surface area (Å²) in [6, 6.07) is 93.4. The predicted octanol–water partition coefficient (Wildman–Crippen LogP) is 17.8. The molecule has 0 unspecified atom stereocenters. The van der Waals surface area contributed by atoms with Gasteiger partial charge in [0, 0.05) is 27.5 Å². The fraction of sp³-hybridized carbons (Fsp3) is 0.0143. The monoisotopic (exact) mass is 941 g/mol. The van der Waals surface area contributed by atoms with E-state index >= 15 is 0 Å². The smallest absolute Gasteiger partial charge is 0.164 e. The molecule has 0 saturated carbocycles. The fourth-order valence-corrected chi connectivity index (χ4v) is 12.1. The van der Waals surface area contributed by atoms with E-state index in [2.05, 4.69) is 231 Å². The maximum atomic E-state index is 6.62. The van der Waals surface area contributed by atoms with Crippen molar-refractivity contribution in [2.24, 2.45) is 0 Å². The van der Waals surface area contributed by atoms with Gasteiger partial charge in [-0.2, -0.15) is 0 Å². The molecule has 74 heavy (non-hydrogen) atoms. The van der Waals surface area contributed by atoms with Crippen molar-refractivity contribution in [3.05, 3.63) is 283 Å². The van der Waals surface area contributed by atoms with Gasteiger partial charge < -0.3 is 4.42 Å². The molecule has 11 aromatic carbocycles. The summed E-state index contributed by atoms with van der Waals surface area (Å²) in [6.07, 6.45) is 0. The van der Waals surface area contributed by atoms with E-state index in [4.69, 9.17) is 19.4 Å². The summed E-state index contributed by atoms with van der Waals surface area (Å²) >= 11 is 0. The summed E-state index contributed by atoms with van der Waals surface area (Å²) < 4.78 is 6.62. The van der Waals surface area contributed by atoms with E-state index in [1.54, 1.807) is 0 Å². The third-order valence-corrected chi connectivity index (χ3v) is 15.4. The Hall–Kier alpha value is -9.77. The topological polar surface area (TPSA) is 51.8 Å². The minimum Gasteiger partial charge on any atom is -0.456 e. The Kier molecular flexibility index (Phi) is 9.45. The molecule has 4 heteroatoms. The summed E-state index contributed by atoms with van der Waals surface area (Å²) in [5.74, 6) is 1.77. The number of rotatable bonds is 7. The molecule has 2 aliphatic carbocycles. The number of fused-ring (bicyclic) bond motifs is 13. The largest absolute Gasteiger partial charge is 0.456 e. The molecule has 0 radical (unpaired) electrons. The molecular weight excluding hydrogens is 899 g/mol. The first kappa shape index (κ1) is 42.0. The Morgan fingerprint density at radius 2 is 0.662 bits per heavy atom. The summed E-state index contributed by atoms with van der Waals surface area (Å²) in [4.78, 5) is 15.8. The minimum absolute atomic E-state index is 0.387. The van der Waals surface area contributed by atoms with Gasteiger partial charge in [0.25, 0.3) is 0 Å². The van der Waals surface area contributed by atoms with Gasteiger partial charge in [-0.15, -0.1) is 0 Å². The zero-order valence-electron chi connectivity index (χ0n) is 40.1. The van der Waals surface area contributed by atoms with Crippen LogP contribution in [0.25, 0.3) is 123 Å². The molecule has 13 aromatic rings. The number of furan rings is 1. The standard InChI is InChI=1S/C70H43N3O/c1-3-16-44(17-4-1)45-34-36-49(37-35-45)67-71-68(57-24-8-7-20-52(57)48-18-5-2-6-19-48)73-69(72-67)58-25-15-29-65-66(58)59-42-50(39-41-64(59)74-65)46-30-32-47(33-31-46)51-38-40-56-55-23-11-14-28-62(55)70(63(56)43-51)60-26-12-9-21-53(60)54-22-10-13-27-61(54)70/h1-43H. The van der Waals surface area contributed by atoms with E-state index in [0.29, 0.717) is 17.5 Å². The van der Waals surface area contributed by atoms with Gasteiger partial charge >= 0.3 is 0 Å². The number of hydrogen-bond donors (Lipinski definition) is 0. The van der Waals surface area contributed by atoms with E-state index in [1.165, 1.54) is 55.6 Å². The number of hydrogen-bond acceptors (Lipinski definition) is 4. The molecule has 2 heterocycles. The number of benzene rings is 11. The fourth-order valence-electron chi connectivity index (χ4n) is 12.1. The molecule has 2 aromatic heterocycles. The van der Waals surface area contributed by atoms with Crippen LogP contribution < -0.4 is 0 Å². The van der Waals surface area contributed by atoms with Crippen LogP contribution in [0.2, 0.25) is 0 Å². The first-order valence-electron chi connectivity index (χ1n) is 25.2. The third kappa shape index (κ3) is 6.45. The molecule has 0 bridgehead atoms. The lowest BCUT2D eigenvalue weighted by Crippen LogP contribution is -2.25. The SMILES string of the molecule is c1ccc(-c2ccc(-c3nc(-c4ccccc4-c4ccccc4)nc(-c4cccc5oc6ccc(-c7ccc(-c8ccc9c(c8)C8(c%10ccccc%10-c%10ccccc%108)c8ccccc8-9)cc7)cc6c45)n3)cc2)cc1. The lowest BCUT2D eigenvalue weighted by atomic mass is 9.70. The summed E-state index contributed by atoms with van der Waals surface area (Å²) in [6.45, 7) is 0. The van der Waals surface area contributed by atoms with Gasteiger partial charge in [0.2, 0.25) is 0 Å². The normalized spacial score (nSPS) is 12.7. The molecule has 344 valence electrons. The molecular formula is C70H43N3O. The highest BCUT2D eigenvalue weighted by Gasteiger charge is 2.51. The van der Waals surface area contributed by atoms with Crippen LogP contribution in [-0.2, 0) is 5.41 Å². The van der Waals surface area contributed by atoms with Gasteiger partial charge in [-0.1, -0.05) is 237 Å². The average Bonchev–Trinajstić information content (AvgIpc) is 4.17. The Labute approximate surface area is 428 Å². The van der Waals surface area contributed by atoms with Crippen LogP contribution in [0.5, 0.6) is 0 Å². The molecule has 0 N–H and O–H groups in total. The summed E-state index contributed by atoms with van der Waals surface area (Å²) in [7, 11) is 0. The lowest BCUT2D eigenvalue weighted by molar-refractivity contribution is 0.669. The maximum absolute atomic E-state index is 6.62. The van der Waals surface area contributed by atoms with E-state index < -0.39 is 0 Å². The van der Waals surface area contributed by atoms with Crippen LogP contribution in [0.15, 0.2) is 265 Å². The molecule has 0 amide bonds. The third-order valence-electron chi connectivity index (χ3n) is 15.4. The highest BCUT2D eigenvalue weighted by atomic mass is 16.3. The average molecular weight is 942 g/mol. The van der Waals surface area contributed by atoms with Crippen LogP contribution in [0.3, 0.4) is 0 Å². The highest BCUT2D eigenvalue weighted by molar-refractivity contribution is 6.13. The molecule has 0 atom stereocenters. The van der Waals surface area contributed by atoms with Crippen molar-refractivity contribution in [1.82, 2.24) is 15.0 Å². The second-order valence-corrected chi connectivity index (χ2v) is 19.4. The van der Waals surface area contributed by atoms with E-state index in [-0.39, 0.29) is 5.41 Å². The lowest BCUT2D eigenvalue weighted by Gasteiger charge is -2.30. The Morgan fingerprint density at radius 3 is 1.28 bits per heavy atom. The van der Waals surface area contributed by atoms with Gasteiger partial charge in [0.1, 0.15) is 11.2 Å². The minimum atomic E-state index is -0.387. The van der Waals surface area contributed by atoms with Crippen LogP contribution >= 0.6 is 0 Å². The molecule has 0 fully saturated rings. The van der Waals surface area contributed by atoms with E-state index in [0.717, 1.165) is 72.0 Å². The van der Waals surface area contributed by atoms with Crippen molar-refractivity contribution >= 4 is 21.9 Å². The summed E-state index contributed by atoms with van der Waals surface area (Å²) in [5.41, 5.74) is 23.5. The number of aromatic nitrogens is 3. The van der Waals surface area contributed by atoms with E-state index in [9.17, 15) is 0 Å². The van der Waals surface area contributed by atoms with Gasteiger partial charge in [-0.25, -0.2) is 15.0 Å². The molecule has 2 aliphatic rings. The van der Waals surface area contributed by atoms with Crippen LogP contribution in [0, 0.1) is 0 Å². The Bertz CT molecular complexity index is 4280. The quantitative estimate of drug-likeness (QED) is 0.160. The highest BCUT2D eigenvalue weighted by Crippen LogP contribution is 2.63. The number of nitrogens with zero attached hydrogens (tertiary/aromatic N) is 3. The van der Waals surface area contributed by atoms with Crippen molar-refractivity contribution in [1.29, 1.82) is 0 Å². The zero-order chi connectivity index (χ0) is 48.7. The first-order valence-corrected chi connectivity index (χ1v) is 25.2.